The molecule has 0 atom stereocenters. The van der Waals surface area contributed by atoms with Crippen molar-refractivity contribution in [3.8, 4) is 5.75 Å². The number of aliphatic hydroxyl groups is 1. The summed E-state index contributed by atoms with van der Waals surface area (Å²) in [6.45, 7) is 1.90. The number of nitrogens with one attached hydrogen (secondary N) is 1. The van der Waals surface area contributed by atoms with E-state index >= 15 is 0 Å². The van der Waals surface area contributed by atoms with Crippen molar-refractivity contribution in [1.29, 1.82) is 0 Å². The Labute approximate surface area is 100 Å². The number of carboxylic acid groups (broad SMARTS) is 1. The number of aromatic carboxylic acids is 1. The van der Waals surface area contributed by atoms with Gasteiger partial charge in [0.25, 0.3) is 0 Å². The summed E-state index contributed by atoms with van der Waals surface area (Å²) in [5.74, 6) is -0.613. The van der Waals surface area contributed by atoms with E-state index in [1.165, 1.54) is 6.07 Å². The van der Waals surface area contributed by atoms with Crippen LogP contribution in [0.25, 0.3) is 0 Å². The van der Waals surface area contributed by atoms with Crippen LogP contribution in [-0.4, -0.2) is 42.5 Å². The smallest absolute Gasteiger partial charge is 0.339 e. The van der Waals surface area contributed by atoms with Gasteiger partial charge in [0.2, 0.25) is 0 Å². The second-order valence-electron chi connectivity index (χ2n) is 3.48. The van der Waals surface area contributed by atoms with Crippen molar-refractivity contribution >= 4 is 5.97 Å². The Balaban J connectivity index is 2.34. The highest BCUT2D eigenvalue weighted by Gasteiger charge is 2.09. The van der Waals surface area contributed by atoms with Crippen molar-refractivity contribution in [3.63, 3.8) is 0 Å². The van der Waals surface area contributed by atoms with E-state index in [1.54, 1.807) is 18.2 Å². The lowest BCUT2D eigenvalue weighted by atomic mass is 10.2. The number of ether oxygens (including phenoxy) is 1. The predicted octanol–water partition coefficient (Wildman–Crippen LogP) is 0.736. The van der Waals surface area contributed by atoms with Crippen LogP contribution < -0.4 is 10.1 Å². The van der Waals surface area contributed by atoms with Gasteiger partial charge in [-0.1, -0.05) is 12.1 Å². The van der Waals surface area contributed by atoms with Gasteiger partial charge in [0.05, 0.1) is 0 Å². The zero-order valence-corrected chi connectivity index (χ0v) is 9.56. The predicted molar refractivity (Wildman–Crippen MR) is 63.5 cm³/mol. The van der Waals surface area contributed by atoms with Crippen LogP contribution in [0.5, 0.6) is 5.75 Å². The summed E-state index contributed by atoms with van der Waals surface area (Å²) < 4.78 is 5.37. The lowest BCUT2D eigenvalue weighted by Gasteiger charge is -2.09. The highest BCUT2D eigenvalue weighted by atomic mass is 16.5. The van der Waals surface area contributed by atoms with Crippen molar-refractivity contribution in [3.05, 3.63) is 29.8 Å². The zero-order chi connectivity index (χ0) is 12.5. The van der Waals surface area contributed by atoms with Crippen LogP contribution in [0.3, 0.4) is 0 Å². The molecule has 5 nitrogen and oxygen atoms in total. The molecule has 0 amide bonds. The molecule has 0 aliphatic rings. The molecule has 5 heteroatoms. The van der Waals surface area contributed by atoms with Gasteiger partial charge in [0.15, 0.2) is 0 Å². The minimum atomic E-state index is -0.992. The molecule has 0 radical (unpaired) electrons. The van der Waals surface area contributed by atoms with Crippen LogP contribution in [0.15, 0.2) is 24.3 Å². The van der Waals surface area contributed by atoms with Crippen molar-refractivity contribution in [2.24, 2.45) is 0 Å². The maximum absolute atomic E-state index is 10.9. The molecule has 0 heterocycles. The van der Waals surface area contributed by atoms with E-state index in [0.29, 0.717) is 25.3 Å². The Morgan fingerprint density at radius 3 is 2.76 bits per heavy atom. The highest BCUT2D eigenvalue weighted by molar-refractivity contribution is 5.90. The Morgan fingerprint density at radius 1 is 1.29 bits per heavy atom. The molecule has 0 fully saturated rings. The molecule has 0 aromatic heterocycles. The SMILES string of the molecule is O=C(O)c1ccccc1OCCNCCCO. The maximum atomic E-state index is 10.9. The van der Waals surface area contributed by atoms with Crippen molar-refractivity contribution in [2.45, 2.75) is 6.42 Å². The standard InChI is InChI=1S/C12H17NO4/c14-8-3-6-13-7-9-17-11-5-2-1-4-10(11)12(15)16/h1-2,4-5,13-14H,3,6-9H2,(H,15,16). The summed E-state index contributed by atoms with van der Waals surface area (Å²) in [6.07, 6.45) is 0.700. The number of hydrogen-bond acceptors (Lipinski definition) is 4. The van der Waals surface area contributed by atoms with Gasteiger partial charge in [0, 0.05) is 13.2 Å². The van der Waals surface area contributed by atoms with Crippen molar-refractivity contribution < 1.29 is 19.7 Å². The van der Waals surface area contributed by atoms with Gasteiger partial charge < -0.3 is 20.3 Å². The molecule has 0 saturated carbocycles. The third-order valence-corrected chi connectivity index (χ3v) is 2.17. The number of aliphatic hydroxyl groups excluding tert-OH is 1. The number of hydrogen-bond donors (Lipinski definition) is 3. The lowest BCUT2D eigenvalue weighted by molar-refractivity contribution is 0.0692. The van der Waals surface area contributed by atoms with Crippen molar-refractivity contribution in [2.75, 3.05) is 26.3 Å². The average molecular weight is 239 g/mol. The summed E-state index contributed by atoms with van der Waals surface area (Å²) in [6, 6.07) is 6.55. The first kappa shape index (κ1) is 13.5. The Kier molecular flexibility index (Phi) is 6.06. The molecule has 1 rings (SSSR count). The quantitative estimate of drug-likeness (QED) is 0.583. The van der Waals surface area contributed by atoms with E-state index < -0.39 is 5.97 Å². The van der Waals surface area contributed by atoms with E-state index in [-0.39, 0.29) is 12.2 Å². The van der Waals surface area contributed by atoms with Gasteiger partial charge >= 0.3 is 5.97 Å². The molecule has 0 saturated heterocycles. The van der Waals surface area contributed by atoms with Gasteiger partial charge in [-0.2, -0.15) is 0 Å². The third-order valence-electron chi connectivity index (χ3n) is 2.17. The number of rotatable bonds is 8. The topological polar surface area (TPSA) is 78.8 Å². The highest BCUT2D eigenvalue weighted by Crippen LogP contribution is 2.17. The van der Waals surface area contributed by atoms with Crippen molar-refractivity contribution in [1.82, 2.24) is 5.32 Å². The first-order chi connectivity index (χ1) is 8.25. The largest absolute Gasteiger partial charge is 0.491 e. The number of carboxylic acids is 1. The molecule has 17 heavy (non-hydrogen) atoms. The van der Waals surface area contributed by atoms with E-state index in [2.05, 4.69) is 5.32 Å². The zero-order valence-electron chi connectivity index (χ0n) is 9.56. The fourth-order valence-corrected chi connectivity index (χ4v) is 1.33. The number of benzene rings is 1. The van der Waals surface area contributed by atoms with Gasteiger partial charge in [-0.25, -0.2) is 4.79 Å². The van der Waals surface area contributed by atoms with Crippen LogP contribution >= 0.6 is 0 Å². The van der Waals surface area contributed by atoms with E-state index in [9.17, 15) is 4.79 Å². The van der Waals surface area contributed by atoms with E-state index in [1.807, 2.05) is 0 Å². The minimum Gasteiger partial charge on any atom is -0.491 e. The fraction of sp³-hybridized carbons (Fsp3) is 0.417. The summed E-state index contributed by atoms with van der Waals surface area (Å²) >= 11 is 0. The van der Waals surface area contributed by atoms with E-state index in [4.69, 9.17) is 14.9 Å². The van der Waals surface area contributed by atoms with Crippen LogP contribution in [-0.2, 0) is 0 Å². The first-order valence-corrected chi connectivity index (χ1v) is 5.52. The minimum absolute atomic E-state index is 0.162. The van der Waals surface area contributed by atoms with Gasteiger partial charge in [-0.3, -0.25) is 0 Å². The first-order valence-electron chi connectivity index (χ1n) is 5.52. The molecule has 3 N–H and O–H groups in total. The van der Waals surface area contributed by atoms with Crippen LogP contribution in [0.2, 0.25) is 0 Å². The summed E-state index contributed by atoms with van der Waals surface area (Å²) in [4.78, 5) is 10.9. The van der Waals surface area contributed by atoms with E-state index in [0.717, 1.165) is 6.54 Å². The maximum Gasteiger partial charge on any atom is 0.339 e. The summed E-state index contributed by atoms with van der Waals surface area (Å²) in [5.41, 5.74) is 0.169. The number of para-hydroxylation sites is 1. The van der Waals surface area contributed by atoms with Crippen LogP contribution in [0.4, 0.5) is 0 Å². The Morgan fingerprint density at radius 2 is 2.06 bits per heavy atom. The van der Waals surface area contributed by atoms with Crippen LogP contribution in [0, 0.1) is 0 Å². The van der Waals surface area contributed by atoms with Crippen LogP contribution in [0.1, 0.15) is 16.8 Å². The monoisotopic (exact) mass is 239 g/mol. The molecule has 0 aliphatic carbocycles. The second-order valence-corrected chi connectivity index (χ2v) is 3.48. The summed E-state index contributed by atoms with van der Waals surface area (Å²) in [5, 5.41) is 20.5. The molecule has 0 aliphatic heterocycles. The Hall–Kier alpha value is -1.59. The Bertz CT molecular complexity index is 354. The molecular weight excluding hydrogens is 222 g/mol. The number of carbonyl (C=O) groups is 1. The second kappa shape index (κ2) is 7.65. The van der Waals surface area contributed by atoms with Gasteiger partial charge in [-0.15, -0.1) is 0 Å². The van der Waals surface area contributed by atoms with Gasteiger partial charge in [0.1, 0.15) is 17.9 Å². The lowest BCUT2D eigenvalue weighted by Crippen LogP contribution is -2.23. The molecule has 0 unspecified atom stereocenters. The fourth-order valence-electron chi connectivity index (χ4n) is 1.33. The molecule has 94 valence electrons. The summed E-state index contributed by atoms with van der Waals surface area (Å²) in [7, 11) is 0. The van der Waals surface area contributed by atoms with Gasteiger partial charge in [-0.05, 0) is 25.1 Å². The normalized spacial score (nSPS) is 10.2. The molecular formula is C12H17NO4. The molecule has 0 spiro atoms. The molecule has 1 aromatic carbocycles. The average Bonchev–Trinajstić information content (AvgIpc) is 2.34. The third kappa shape index (κ3) is 4.84. The molecule has 1 aromatic rings. The molecule has 0 bridgehead atoms.